The Hall–Kier alpha value is -1.55. The van der Waals surface area contributed by atoms with E-state index in [-0.39, 0.29) is 12.1 Å². The minimum Gasteiger partial charge on any atom is -0.330 e. The molecule has 4 nitrogen and oxygen atoms in total. The van der Waals surface area contributed by atoms with E-state index in [9.17, 15) is 4.79 Å². The zero-order valence-corrected chi connectivity index (χ0v) is 9.93. The Balaban J connectivity index is 1.97. The van der Waals surface area contributed by atoms with Gasteiger partial charge in [-0.3, -0.25) is 0 Å². The van der Waals surface area contributed by atoms with Gasteiger partial charge < -0.3 is 16.0 Å². The van der Waals surface area contributed by atoms with Gasteiger partial charge >= 0.3 is 6.03 Å². The molecule has 3 N–H and O–H groups in total. The molecule has 1 aliphatic rings. The number of hydrogen-bond acceptors (Lipinski definition) is 2. The standard InChI is InChI=1S/C13H19N3O/c14-10-12(11-6-2-1-3-7-11)15-13(17)16-8-4-5-9-16/h1-3,6-7,12H,4-5,8-10,14H2,(H,15,17). The number of nitrogens with zero attached hydrogens (tertiary/aromatic N) is 1. The second-order valence-electron chi connectivity index (χ2n) is 4.34. The maximum absolute atomic E-state index is 11.9. The Morgan fingerprint density at radius 2 is 1.94 bits per heavy atom. The van der Waals surface area contributed by atoms with Crippen LogP contribution in [0.4, 0.5) is 4.79 Å². The van der Waals surface area contributed by atoms with E-state index in [0.717, 1.165) is 31.5 Å². The lowest BCUT2D eigenvalue weighted by molar-refractivity contribution is 0.205. The molecule has 2 rings (SSSR count). The molecule has 1 atom stereocenters. The number of nitrogens with one attached hydrogen (secondary N) is 1. The summed E-state index contributed by atoms with van der Waals surface area (Å²) in [4.78, 5) is 13.8. The molecule has 1 fully saturated rings. The third kappa shape index (κ3) is 2.97. The van der Waals surface area contributed by atoms with E-state index in [0.29, 0.717) is 6.54 Å². The highest BCUT2D eigenvalue weighted by Gasteiger charge is 2.20. The second-order valence-corrected chi connectivity index (χ2v) is 4.34. The van der Waals surface area contributed by atoms with E-state index < -0.39 is 0 Å². The Labute approximate surface area is 102 Å². The summed E-state index contributed by atoms with van der Waals surface area (Å²) in [7, 11) is 0. The normalized spacial score (nSPS) is 16.9. The van der Waals surface area contributed by atoms with Gasteiger partial charge in [0.25, 0.3) is 0 Å². The summed E-state index contributed by atoms with van der Waals surface area (Å²) in [6, 6.07) is 9.76. The number of benzene rings is 1. The monoisotopic (exact) mass is 233 g/mol. The fraction of sp³-hybridized carbons (Fsp3) is 0.462. The number of urea groups is 1. The molecule has 1 aromatic carbocycles. The lowest BCUT2D eigenvalue weighted by Gasteiger charge is -2.22. The zero-order valence-electron chi connectivity index (χ0n) is 9.93. The number of rotatable bonds is 3. The first kappa shape index (κ1) is 11.9. The summed E-state index contributed by atoms with van der Waals surface area (Å²) in [5.74, 6) is 0. The van der Waals surface area contributed by atoms with Crippen LogP contribution in [-0.2, 0) is 0 Å². The molecule has 4 heteroatoms. The Bertz CT molecular complexity index is 360. The summed E-state index contributed by atoms with van der Waals surface area (Å²) in [6.07, 6.45) is 2.21. The van der Waals surface area contributed by atoms with E-state index in [1.165, 1.54) is 0 Å². The van der Waals surface area contributed by atoms with Gasteiger partial charge in [0.2, 0.25) is 0 Å². The largest absolute Gasteiger partial charge is 0.330 e. The van der Waals surface area contributed by atoms with E-state index >= 15 is 0 Å². The quantitative estimate of drug-likeness (QED) is 0.831. The van der Waals surface area contributed by atoms with Crippen molar-refractivity contribution in [2.24, 2.45) is 5.73 Å². The van der Waals surface area contributed by atoms with Gasteiger partial charge in [0.05, 0.1) is 6.04 Å². The van der Waals surface area contributed by atoms with Crippen molar-refractivity contribution in [3.8, 4) is 0 Å². The Kier molecular flexibility index (Phi) is 3.98. The van der Waals surface area contributed by atoms with Gasteiger partial charge in [0, 0.05) is 19.6 Å². The SMILES string of the molecule is NCC(NC(=O)N1CCCC1)c1ccccc1. The van der Waals surface area contributed by atoms with Crippen LogP contribution in [-0.4, -0.2) is 30.6 Å². The van der Waals surface area contributed by atoms with E-state index in [1.807, 2.05) is 35.2 Å². The van der Waals surface area contributed by atoms with Gasteiger partial charge in [0.1, 0.15) is 0 Å². The molecule has 0 radical (unpaired) electrons. The van der Waals surface area contributed by atoms with Crippen LogP contribution in [0.3, 0.4) is 0 Å². The topological polar surface area (TPSA) is 58.4 Å². The summed E-state index contributed by atoms with van der Waals surface area (Å²) in [5, 5.41) is 2.99. The van der Waals surface area contributed by atoms with Crippen molar-refractivity contribution in [1.82, 2.24) is 10.2 Å². The van der Waals surface area contributed by atoms with Crippen molar-refractivity contribution in [3.63, 3.8) is 0 Å². The molecule has 0 bridgehead atoms. The van der Waals surface area contributed by atoms with E-state index in [4.69, 9.17) is 5.73 Å². The number of carbonyl (C=O) groups excluding carboxylic acids is 1. The molecular weight excluding hydrogens is 214 g/mol. The fourth-order valence-corrected chi connectivity index (χ4v) is 2.12. The predicted molar refractivity (Wildman–Crippen MR) is 67.6 cm³/mol. The first-order valence-corrected chi connectivity index (χ1v) is 6.11. The molecule has 1 unspecified atom stereocenters. The van der Waals surface area contributed by atoms with Crippen LogP contribution in [0.15, 0.2) is 30.3 Å². The molecule has 1 saturated heterocycles. The molecule has 0 saturated carbocycles. The van der Waals surface area contributed by atoms with Crippen molar-refractivity contribution >= 4 is 6.03 Å². The van der Waals surface area contributed by atoms with Crippen LogP contribution < -0.4 is 11.1 Å². The third-order valence-corrected chi connectivity index (χ3v) is 3.13. The highest BCUT2D eigenvalue weighted by Crippen LogP contribution is 2.13. The van der Waals surface area contributed by atoms with Gasteiger partial charge in [-0.25, -0.2) is 4.79 Å². The Morgan fingerprint density at radius 3 is 2.53 bits per heavy atom. The van der Waals surface area contributed by atoms with Crippen LogP contribution >= 0.6 is 0 Å². The highest BCUT2D eigenvalue weighted by atomic mass is 16.2. The first-order valence-electron chi connectivity index (χ1n) is 6.11. The molecule has 17 heavy (non-hydrogen) atoms. The molecular formula is C13H19N3O. The van der Waals surface area contributed by atoms with Gasteiger partial charge in [-0.1, -0.05) is 30.3 Å². The van der Waals surface area contributed by atoms with Gasteiger partial charge in [-0.05, 0) is 18.4 Å². The van der Waals surface area contributed by atoms with Crippen molar-refractivity contribution in [1.29, 1.82) is 0 Å². The first-order chi connectivity index (χ1) is 8.31. The van der Waals surface area contributed by atoms with Gasteiger partial charge in [-0.2, -0.15) is 0 Å². The number of carbonyl (C=O) groups is 1. The minimum atomic E-state index is -0.0932. The van der Waals surface area contributed by atoms with Crippen molar-refractivity contribution in [3.05, 3.63) is 35.9 Å². The lowest BCUT2D eigenvalue weighted by atomic mass is 10.1. The maximum Gasteiger partial charge on any atom is 0.317 e. The molecule has 1 aromatic rings. The number of hydrogen-bond donors (Lipinski definition) is 2. The van der Waals surface area contributed by atoms with Crippen LogP contribution in [0.25, 0.3) is 0 Å². The summed E-state index contributed by atoms with van der Waals surface area (Å²) in [5.41, 5.74) is 6.78. The summed E-state index contributed by atoms with van der Waals surface area (Å²) >= 11 is 0. The summed E-state index contributed by atoms with van der Waals surface area (Å²) < 4.78 is 0. The molecule has 1 aliphatic heterocycles. The number of nitrogens with two attached hydrogens (primary N) is 1. The molecule has 0 spiro atoms. The van der Waals surface area contributed by atoms with Crippen LogP contribution in [0.5, 0.6) is 0 Å². The summed E-state index contributed by atoms with van der Waals surface area (Å²) in [6.45, 7) is 2.14. The maximum atomic E-state index is 11.9. The van der Waals surface area contributed by atoms with E-state index in [2.05, 4.69) is 5.32 Å². The third-order valence-electron chi connectivity index (χ3n) is 3.13. The number of likely N-dealkylation sites (tertiary alicyclic amines) is 1. The van der Waals surface area contributed by atoms with E-state index in [1.54, 1.807) is 0 Å². The highest BCUT2D eigenvalue weighted by molar-refractivity contribution is 5.75. The van der Waals surface area contributed by atoms with Crippen molar-refractivity contribution in [2.45, 2.75) is 18.9 Å². The van der Waals surface area contributed by atoms with Crippen LogP contribution in [0.2, 0.25) is 0 Å². The van der Waals surface area contributed by atoms with Crippen LogP contribution in [0.1, 0.15) is 24.4 Å². The molecule has 2 amide bonds. The average molecular weight is 233 g/mol. The van der Waals surface area contributed by atoms with Crippen molar-refractivity contribution < 1.29 is 4.79 Å². The molecule has 0 aliphatic carbocycles. The zero-order chi connectivity index (χ0) is 12.1. The minimum absolute atomic E-state index is 0.00167. The predicted octanol–water partition coefficient (Wildman–Crippen LogP) is 1.49. The molecule has 1 heterocycles. The second kappa shape index (κ2) is 5.68. The van der Waals surface area contributed by atoms with Gasteiger partial charge in [0.15, 0.2) is 0 Å². The molecule has 92 valence electrons. The molecule has 0 aromatic heterocycles. The number of amides is 2. The fourth-order valence-electron chi connectivity index (χ4n) is 2.12. The average Bonchev–Trinajstić information content (AvgIpc) is 2.90. The van der Waals surface area contributed by atoms with Crippen molar-refractivity contribution in [2.75, 3.05) is 19.6 Å². The Morgan fingerprint density at radius 1 is 1.29 bits per heavy atom. The smallest absolute Gasteiger partial charge is 0.317 e. The lowest BCUT2D eigenvalue weighted by Crippen LogP contribution is -2.42. The van der Waals surface area contributed by atoms with Crippen LogP contribution in [0, 0.1) is 0 Å². The van der Waals surface area contributed by atoms with Gasteiger partial charge in [-0.15, -0.1) is 0 Å².